The fourth-order valence-corrected chi connectivity index (χ4v) is 2.78. The van der Waals surface area contributed by atoms with E-state index in [1.165, 1.54) is 37.3 Å². The topological polar surface area (TPSA) is 18.8 Å². The molecule has 1 fully saturated rings. The molecular formula is C18H27N3. The Balaban J connectivity index is 1.90. The smallest absolute Gasteiger partial charge is 0.0295 e. The van der Waals surface area contributed by atoms with Crippen LogP contribution in [-0.2, 0) is 6.54 Å². The van der Waals surface area contributed by atoms with Crippen LogP contribution in [0.15, 0.2) is 35.5 Å². The average Bonchev–Trinajstić information content (AvgIpc) is 2.49. The Morgan fingerprint density at radius 3 is 2.33 bits per heavy atom. The highest BCUT2D eigenvalue weighted by molar-refractivity contribution is 5.64. The molecule has 21 heavy (non-hydrogen) atoms. The molecule has 0 aliphatic carbocycles. The second kappa shape index (κ2) is 7.53. The van der Waals surface area contributed by atoms with Gasteiger partial charge in [0.2, 0.25) is 0 Å². The van der Waals surface area contributed by atoms with Crippen LogP contribution in [0.3, 0.4) is 0 Å². The summed E-state index contributed by atoms with van der Waals surface area (Å²) in [5.41, 5.74) is 3.76. The van der Waals surface area contributed by atoms with Crippen molar-refractivity contribution in [2.45, 2.75) is 33.4 Å². The number of hydrogen-bond acceptors (Lipinski definition) is 3. The number of piperazine rings is 1. The van der Waals surface area contributed by atoms with E-state index in [0.717, 1.165) is 12.1 Å². The van der Waals surface area contributed by atoms with Crippen molar-refractivity contribution in [1.82, 2.24) is 9.80 Å². The molecule has 0 atom stereocenters. The monoisotopic (exact) mass is 285 g/mol. The molecule has 1 aromatic carbocycles. The highest BCUT2D eigenvalue weighted by Crippen LogP contribution is 2.16. The van der Waals surface area contributed by atoms with Gasteiger partial charge in [-0.25, -0.2) is 0 Å². The van der Waals surface area contributed by atoms with Gasteiger partial charge in [0.1, 0.15) is 0 Å². The zero-order valence-corrected chi connectivity index (χ0v) is 13.5. The van der Waals surface area contributed by atoms with Crippen molar-refractivity contribution in [2.75, 3.05) is 26.2 Å². The Kier molecular flexibility index (Phi) is 5.71. The van der Waals surface area contributed by atoms with E-state index in [0.29, 0.717) is 6.04 Å². The molecule has 0 spiro atoms. The van der Waals surface area contributed by atoms with Crippen LogP contribution in [0.25, 0.3) is 5.57 Å². The first kappa shape index (κ1) is 15.9. The molecule has 0 saturated carbocycles. The molecule has 1 saturated heterocycles. The van der Waals surface area contributed by atoms with Gasteiger partial charge in [-0.05, 0) is 44.2 Å². The van der Waals surface area contributed by atoms with Gasteiger partial charge in [0.25, 0.3) is 0 Å². The summed E-state index contributed by atoms with van der Waals surface area (Å²) in [6.45, 7) is 15.9. The molecule has 2 rings (SSSR count). The molecule has 3 nitrogen and oxygen atoms in total. The van der Waals surface area contributed by atoms with E-state index >= 15 is 0 Å². The second-order valence-corrected chi connectivity index (χ2v) is 6.10. The molecular weight excluding hydrogens is 258 g/mol. The van der Waals surface area contributed by atoms with E-state index in [1.54, 1.807) is 6.20 Å². The van der Waals surface area contributed by atoms with Crippen LogP contribution >= 0.6 is 0 Å². The normalized spacial score (nSPS) is 18.2. The number of hydrogen-bond donors (Lipinski definition) is 0. The lowest BCUT2D eigenvalue weighted by Gasteiger charge is -2.36. The molecule has 0 amide bonds. The summed E-state index contributed by atoms with van der Waals surface area (Å²) < 4.78 is 0. The summed E-state index contributed by atoms with van der Waals surface area (Å²) in [7, 11) is 0. The molecule has 1 aliphatic heterocycles. The van der Waals surface area contributed by atoms with E-state index in [-0.39, 0.29) is 0 Å². The fraction of sp³-hybridized carbons (Fsp3) is 0.500. The number of allylic oxidation sites excluding steroid dienone is 1. The molecule has 0 N–H and O–H groups in total. The first-order valence-electron chi connectivity index (χ1n) is 7.78. The number of benzene rings is 1. The summed E-state index contributed by atoms with van der Waals surface area (Å²) in [6, 6.07) is 9.47. The van der Waals surface area contributed by atoms with Gasteiger partial charge < -0.3 is 0 Å². The third kappa shape index (κ3) is 4.51. The van der Waals surface area contributed by atoms with E-state index < -0.39 is 0 Å². The van der Waals surface area contributed by atoms with Crippen LogP contribution in [0.5, 0.6) is 0 Å². The highest BCUT2D eigenvalue weighted by atomic mass is 15.3. The number of nitrogens with zero attached hydrogens (tertiary/aromatic N) is 3. The molecule has 3 heteroatoms. The van der Waals surface area contributed by atoms with Gasteiger partial charge in [0.05, 0.1) is 0 Å². The largest absolute Gasteiger partial charge is 0.298 e. The third-order valence-corrected chi connectivity index (χ3v) is 4.24. The summed E-state index contributed by atoms with van der Waals surface area (Å²) >= 11 is 0. The molecule has 1 heterocycles. The van der Waals surface area contributed by atoms with Crippen LogP contribution in [0.2, 0.25) is 0 Å². The summed E-state index contributed by atoms with van der Waals surface area (Å²) in [6.07, 6.45) is 1.81. The first-order chi connectivity index (χ1) is 10.1. The average molecular weight is 285 g/mol. The Bertz CT molecular complexity index is 480. The van der Waals surface area contributed by atoms with Crippen molar-refractivity contribution in [3.8, 4) is 0 Å². The lowest BCUT2D eigenvalue weighted by molar-refractivity contribution is 0.104. The van der Waals surface area contributed by atoms with Crippen molar-refractivity contribution in [3.05, 3.63) is 41.6 Å². The van der Waals surface area contributed by atoms with Crippen LogP contribution in [0, 0.1) is 0 Å². The zero-order valence-electron chi connectivity index (χ0n) is 13.5. The lowest BCUT2D eigenvalue weighted by atomic mass is 10.1. The Morgan fingerprint density at radius 2 is 1.81 bits per heavy atom. The maximum Gasteiger partial charge on any atom is 0.0295 e. The predicted molar refractivity (Wildman–Crippen MR) is 91.6 cm³/mol. The Labute approximate surface area is 129 Å². The van der Waals surface area contributed by atoms with Crippen LogP contribution in [0.1, 0.15) is 31.9 Å². The third-order valence-electron chi connectivity index (χ3n) is 4.24. The van der Waals surface area contributed by atoms with Gasteiger partial charge in [-0.2, -0.15) is 0 Å². The molecule has 0 bridgehead atoms. The fourth-order valence-electron chi connectivity index (χ4n) is 2.78. The van der Waals surface area contributed by atoms with E-state index in [2.05, 4.69) is 66.5 Å². The van der Waals surface area contributed by atoms with E-state index in [9.17, 15) is 0 Å². The maximum absolute atomic E-state index is 3.82. The standard InChI is InChI=1S/C18H27N3/c1-15(2)21-11-9-20(10-12-21)14-17-5-7-18(8-6-17)16(3)13-19-4/h5-8,13,15H,4,9-12,14H2,1-3H3/b16-13+. The van der Waals surface area contributed by atoms with Gasteiger partial charge in [-0.15, -0.1) is 0 Å². The summed E-state index contributed by atoms with van der Waals surface area (Å²) in [5, 5.41) is 0. The minimum absolute atomic E-state index is 0.666. The minimum Gasteiger partial charge on any atom is -0.298 e. The Hall–Kier alpha value is -1.45. The zero-order chi connectivity index (χ0) is 15.2. The Morgan fingerprint density at radius 1 is 1.19 bits per heavy atom. The van der Waals surface area contributed by atoms with Crippen molar-refractivity contribution in [2.24, 2.45) is 4.99 Å². The van der Waals surface area contributed by atoms with E-state index in [1.807, 2.05) is 0 Å². The number of aliphatic imine (C=N–C) groups is 1. The molecule has 0 unspecified atom stereocenters. The summed E-state index contributed by atoms with van der Waals surface area (Å²) in [4.78, 5) is 8.92. The first-order valence-corrected chi connectivity index (χ1v) is 7.78. The van der Waals surface area contributed by atoms with Crippen LogP contribution < -0.4 is 0 Å². The molecule has 0 aromatic heterocycles. The lowest BCUT2D eigenvalue weighted by Crippen LogP contribution is -2.48. The van der Waals surface area contributed by atoms with Crippen molar-refractivity contribution in [3.63, 3.8) is 0 Å². The molecule has 1 aromatic rings. The van der Waals surface area contributed by atoms with E-state index in [4.69, 9.17) is 0 Å². The van der Waals surface area contributed by atoms with Gasteiger partial charge in [0, 0.05) is 45.0 Å². The van der Waals surface area contributed by atoms with Gasteiger partial charge >= 0.3 is 0 Å². The van der Waals surface area contributed by atoms with Gasteiger partial charge in [-0.3, -0.25) is 14.8 Å². The summed E-state index contributed by atoms with van der Waals surface area (Å²) in [5.74, 6) is 0. The molecule has 114 valence electrons. The molecule has 0 radical (unpaired) electrons. The van der Waals surface area contributed by atoms with Gasteiger partial charge in [0.15, 0.2) is 0 Å². The second-order valence-electron chi connectivity index (χ2n) is 6.10. The van der Waals surface area contributed by atoms with Crippen molar-refractivity contribution < 1.29 is 0 Å². The highest BCUT2D eigenvalue weighted by Gasteiger charge is 2.18. The van der Waals surface area contributed by atoms with Crippen LogP contribution in [-0.4, -0.2) is 48.7 Å². The minimum atomic E-state index is 0.666. The van der Waals surface area contributed by atoms with Crippen molar-refractivity contribution in [1.29, 1.82) is 0 Å². The van der Waals surface area contributed by atoms with Crippen LogP contribution in [0.4, 0.5) is 0 Å². The number of rotatable bonds is 5. The quantitative estimate of drug-likeness (QED) is 0.773. The maximum atomic E-state index is 3.82. The van der Waals surface area contributed by atoms with Gasteiger partial charge in [-0.1, -0.05) is 24.3 Å². The predicted octanol–water partition coefficient (Wildman–Crippen LogP) is 3.27. The SMILES string of the molecule is C=N/C=C(\C)c1ccc(CN2CCN(C(C)C)CC2)cc1. The van der Waals surface area contributed by atoms with Crippen molar-refractivity contribution >= 4 is 12.3 Å². The molecule has 1 aliphatic rings.